The van der Waals surface area contributed by atoms with Crippen molar-refractivity contribution in [2.75, 3.05) is 65.3 Å². The van der Waals surface area contributed by atoms with Gasteiger partial charge in [-0.3, -0.25) is 19.5 Å². The summed E-state index contributed by atoms with van der Waals surface area (Å²) in [5.41, 5.74) is 7.45. The smallest absolute Gasteiger partial charge is 0.305 e. The van der Waals surface area contributed by atoms with Crippen molar-refractivity contribution in [1.29, 1.82) is 0 Å². The van der Waals surface area contributed by atoms with Gasteiger partial charge < -0.3 is 19.9 Å². The lowest BCUT2D eigenvalue weighted by Crippen LogP contribution is -2.46. The lowest BCUT2D eigenvalue weighted by atomic mass is 10.0. The van der Waals surface area contributed by atoms with Crippen LogP contribution in [0.2, 0.25) is 0 Å². The van der Waals surface area contributed by atoms with Crippen LogP contribution in [0.1, 0.15) is 64.0 Å². The van der Waals surface area contributed by atoms with E-state index in [4.69, 9.17) is 14.7 Å². The van der Waals surface area contributed by atoms with E-state index in [9.17, 15) is 9.59 Å². The Morgan fingerprint density at radius 2 is 1.59 bits per heavy atom. The second-order valence-electron chi connectivity index (χ2n) is 14.3. The second-order valence-corrected chi connectivity index (χ2v) is 14.3. The zero-order valence-electron chi connectivity index (χ0n) is 32.3. The normalized spacial score (nSPS) is 14.6. The third kappa shape index (κ3) is 9.85. The highest BCUT2D eigenvalue weighted by Crippen LogP contribution is 2.29. The van der Waals surface area contributed by atoms with E-state index in [-0.39, 0.29) is 11.9 Å². The van der Waals surface area contributed by atoms with Crippen molar-refractivity contribution in [3.8, 4) is 23.2 Å². The average Bonchev–Trinajstić information content (AvgIpc) is 3.25. The summed E-state index contributed by atoms with van der Waals surface area (Å²) in [5, 5.41) is 4.27. The minimum Gasteiger partial charge on any atom is -0.469 e. The van der Waals surface area contributed by atoms with Crippen molar-refractivity contribution < 1.29 is 14.3 Å². The summed E-state index contributed by atoms with van der Waals surface area (Å²) in [7, 11) is 3.32. The molecule has 2 aliphatic heterocycles. The van der Waals surface area contributed by atoms with Gasteiger partial charge in [0.25, 0.3) is 5.91 Å². The van der Waals surface area contributed by atoms with Crippen LogP contribution in [-0.2, 0) is 22.5 Å². The number of amides is 1. The molecule has 10 heteroatoms. The van der Waals surface area contributed by atoms with Gasteiger partial charge in [0.05, 0.1) is 31.4 Å². The van der Waals surface area contributed by atoms with Crippen LogP contribution in [0.15, 0.2) is 85.1 Å². The number of carbonyl (C=O) groups excluding carboxylic acids is 2. The number of pyridine rings is 1. The molecule has 286 valence electrons. The Morgan fingerprint density at radius 3 is 2.34 bits per heavy atom. The first-order valence-electron chi connectivity index (χ1n) is 19.6. The van der Waals surface area contributed by atoms with Gasteiger partial charge in [-0.25, -0.2) is 9.97 Å². The van der Waals surface area contributed by atoms with E-state index in [2.05, 4.69) is 74.4 Å². The summed E-state index contributed by atoms with van der Waals surface area (Å²) in [4.78, 5) is 46.1. The number of nitrogens with zero attached hydrogens (tertiary/aromatic N) is 6. The number of unbranched alkanes of at least 4 members (excludes halogenated alkanes) is 2. The number of esters is 1. The van der Waals surface area contributed by atoms with Gasteiger partial charge in [-0.1, -0.05) is 72.9 Å². The summed E-state index contributed by atoms with van der Waals surface area (Å²) in [5.74, 6) is 7.94. The second kappa shape index (κ2) is 18.6. The molecule has 0 spiro atoms. The number of ether oxygens (including phenoxy) is 1. The number of fused-ring (bicyclic) bond motifs is 2. The number of hydrogen-bond donors (Lipinski definition) is 1. The molecule has 1 amide bonds. The summed E-state index contributed by atoms with van der Waals surface area (Å²) in [6.07, 6.45) is 10.2. The molecule has 2 aliphatic rings. The van der Waals surface area contributed by atoms with Crippen molar-refractivity contribution in [2.45, 2.75) is 38.6 Å². The first-order chi connectivity index (χ1) is 27.4. The fourth-order valence-corrected chi connectivity index (χ4v) is 7.23. The van der Waals surface area contributed by atoms with Crippen LogP contribution in [0.4, 0.5) is 5.82 Å². The SMILES string of the molecule is CNc1nc(-c2cnc3ccccc3c2)nc2c1CCN(C(=O)c1ccc(/C=C/c3ccc(C#CCN4CCN(CCCCCC(=O)OC)CC4)cc3)cc1)C2. The Labute approximate surface area is 329 Å². The Hall–Kier alpha value is -5.89. The highest BCUT2D eigenvalue weighted by molar-refractivity contribution is 5.94. The highest BCUT2D eigenvalue weighted by Gasteiger charge is 2.26. The van der Waals surface area contributed by atoms with Crippen molar-refractivity contribution in [1.82, 2.24) is 29.7 Å². The van der Waals surface area contributed by atoms with E-state index in [1.807, 2.05) is 66.7 Å². The summed E-state index contributed by atoms with van der Waals surface area (Å²) < 4.78 is 4.71. The average molecular weight is 748 g/mol. The minimum absolute atomic E-state index is 0.0100. The van der Waals surface area contributed by atoms with Crippen LogP contribution in [0.3, 0.4) is 0 Å². The largest absolute Gasteiger partial charge is 0.469 e. The van der Waals surface area contributed by atoms with E-state index < -0.39 is 0 Å². The van der Waals surface area contributed by atoms with E-state index >= 15 is 0 Å². The van der Waals surface area contributed by atoms with Crippen LogP contribution in [0.25, 0.3) is 34.4 Å². The Kier molecular flexibility index (Phi) is 12.8. The molecule has 0 bridgehead atoms. The zero-order chi connectivity index (χ0) is 38.7. The minimum atomic E-state index is -0.117. The fourth-order valence-electron chi connectivity index (χ4n) is 7.23. The number of aromatic nitrogens is 3. The first-order valence-corrected chi connectivity index (χ1v) is 19.6. The molecule has 56 heavy (non-hydrogen) atoms. The third-order valence-corrected chi connectivity index (χ3v) is 10.6. The molecule has 2 aromatic heterocycles. The van der Waals surface area contributed by atoms with Gasteiger partial charge in [0, 0.05) is 80.0 Å². The molecular formula is C46H49N7O3. The number of rotatable bonds is 12. The zero-order valence-corrected chi connectivity index (χ0v) is 32.3. The number of piperazine rings is 1. The van der Waals surface area contributed by atoms with Crippen LogP contribution in [0.5, 0.6) is 0 Å². The highest BCUT2D eigenvalue weighted by atomic mass is 16.5. The summed E-state index contributed by atoms with van der Waals surface area (Å²) in [6.45, 7) is 7.06. The quantitative estimate of drug-likeness (QED) is 0.0639. The van der Waals surface area contributed by atoms with Gasteiger partial charge in [0.15, 0.2) is 5.82 Å². The molecule has 0 saturated carbocycles. The third-order valence-electron chi connectivity index (χ3n) is 10.6. The maximum atomic E-state index is 13.7. The lowest BCUT2D eigenvalue weighted by molar-refractivity contribution is -0.140. The molecule has 0 unspecified atom stereocenters. The molecule has 5 aromatic rings. The molecule has 4 heterocycles. The maximum absolute atomic E-state index is 13.7. The summed E-state index contributed by atoms with van der Waals surface area (Å²) in [6, 6.07) is 26.1. The molecule has 10 nitrogen and oxygen atoms in total. The van der Waals surface area contributed by atoms with E-state index in [0.717, 1.165) is 109 Å². The molecule has 0 aliphatic carbocycles. The topological polar surface area (TPSA) is 104 Å². The van der Waals surface area contributed by atoms with Crippen LogP contribution >= 0.6 is 0 Å². The van der Waals surface area contributed by atoms with E-state index in [1.165, 1.54) is 7.11 Å². The standard InChI is InChI=1S/C46H49N7O3/c1-47-45-40-23-26-53(33-42(40)49-44(50-45)39-31-38-10-5-6-11-41(38)48-32-39)46(55)37-21-19-36(20-22-37)18-17-35-15-13-34(14-16-35)9-8-25-52-29-27-51(28-30-52)24-7-3-4-12-43(54)56-2/h5-6,10-11,13-22,31-32H,3-4,7,12,23-30,33H2,1-2H3,(H,47,49,50)/b18-17+. The van der Waals surface area contributed by atoms with Gasteiger partial charge in [0.2, 0.25) is 0 Å². The predicted octanol–water partition coefficient (Wildman–Crippen LogP) is 6.80. The molecule has 0 radical (unpaired) electrons. The van der Waals surface area contributed by atoms with Gasteiger partial charge in [-0.2, -0.15) is 0 Å². The van der Waals surface area contributed by atoms with Crippen LogP contribution in [0, 0.1) is 11.8 Å². The number of carbonyl (C=O) groups is 2. The predicted molar refractivity (Wildman–Crippen MR) is 223 cm³/mol. The number of nitrogens with one attached hydrogen (secondary N) is 1. The maximum Gasteiger partial charge on any atom is 0.305 e. The summed E-state index contributed by atoms with van der Waals surface area (Å²) >= 11 is 0. The van der Waals surface area contributed by atoms with Crippen molar-refractivity contribution in [3.63, 3.8) is 0 Å². The number of para-hydroxylation sites is 1. The first kappa shape index (κ1) is 38.4. The van der Waals surface area contributed by atoms with Crippen molar-refractivity contribution in [3.05, 3.63) is 119 Å². The Balaban J connectivity index is 0.883. The number of methoxy groups -OCH3 is 1. The molecule has 7 rings (SSSR count). The van der Waals surface area contributed by atoms with Gasteiger partial charge >= 0.3 is 5.97 Å². The Morgan fingerprint density at radius 1 is 0.857 bits per heavy atom. The number of hydrogen-bond acceptors (Lipinski definition) is 9. The molecule has 1 saturated heterocycles. The van der Waals surface area contributed by atoms with E-state index in [0.29, 0.717) is 37.3 Å². The molecule has 1 fully saturated rings. The van der Waals surface area contributed by atoms with Crippen LogP contribution < -0.4 is 5.32 Å². The monoisotopic (exact) mass is 747 g/mol. The van der Waals surface area contributed by atoms with E-state index in [1.54, 1.807) is 0 Å². The van der Waals surface area contributed by atoms with Crippen molar-refractivity contribution in [2.24, 2.45) is 0 Å². The molecule has 3 aromatic carbocycles. The molecule has 0 atom stereocenters. The molecule has 1 N–H and O–H groups in total. The number of anilines is 1. The van der Waals surface area contributed by atoms with Gasteiger partial charge in [-0.05, 0) is 73.3 Å². The van der Waals surface area contributed by atoms with Crippen molar-refractivity contribution >= 4 is 40.7 Å². The lowest BCUT2D eigenvalue weighted by Gasteiger charge is -2.33. The van der Waals surface area contributed by atoms with Gasteiger partial charge in [-0.15, -0.1) is 0 Å². The number of benzene rings is 3. The van der Waals surface area contributed by atoms with Gasteiger partial charge in [0.1, 0.15) is 5.82 Å². The fraction of sp³-hybridized carbons (Fsp3) is 0.326. The Bertz CT molecular complexity index is 2230. The van der Waals surface area contributed by atoms with Crippen LogP contribution in [-0.4, -0.2) is 101 Å². The molecular weight excluding hydrogens is 699 g/mol.